The van der Waals surface area contributed by atoms with E-state index in [1.54, 1.807) is 6.92 Å². The molecule has 4 nitrogen and oxygen atoms in total. The molecule has 1 aromatic heterocycles. The minimum atomic E-state index is -3.19. The lowest BCUT2D eigenvalue weighted by molar-refractivity contribution is -0.139. The van der Waals surface area contributed by atoms with Crippen LogP contribution in [0.1, 0.15) is 24.3 Å². The molecule has 2 rings (SSSR count). The second kappa shape index (κ2) is 4.36. The van der Waals surface area contributed by atoms with Crippen LogP contribution in [0, 0.1) is 6.92 Å². The number of fused-ring (bicyclic) bond motifs is 1. The Morgan fingerprint density at radius 1 is 1.50 bits per heavy atom. The molecule has 0 aliphatic rings. The molecule has 0 fully saturated rings. The first kappa shape index (κ1) is 12.5. The summed E-state index contributed by atoms with van der Waals surface area (Å²) in [5.74, 6) is -4.03. The highest BCUT2D eigenvalue weighted by Crippen LogP contribution is 2.34. The number of nitrogens with zero attached hydrogens (tertiary/aromatic N) is 1. The number of rotatable bonds is 4. The van der Waals surface area contributed by atoms with Gasteiger partial charge in [0.2, 0.25) is 0 Å². The van der Waals surface area contributed by atoms with Crippen molar-refractivity contribution in [2.45, 2.75) is 25.7 Å². The number of oxazole rings is 1. The Hall–Kier alpha value is -1.98. The second-order valence-corrected chi connectivity index (χ2v) is 4.01. The topological polar surface area (TPSA) is 63.3 Å². The smallest absolute Gasteiger partial charge is 0.303 e. The second-order valence-electron chi connectivity index (χ2n) is 4.01. The van der Waals surface area contributed by atoms with Crippen molar-refractivity contribution in [3.63, 3.8) is 0 Å². The van der Waals surface area contributed by atoms with Crippen LogP contribution >= 0.6 is 0 Å². The van der Waals surface area contributed by atoms with Gasteiger partial charge in [0.05, 0.1) is 6.42 Å². The quantitative estimate of drug-likeness (QED) is 0.911. The number of carbonyl (C=O) groups is 1. The Morgan fingerprint density at radius 2 is 2.22 bits per heavy atom. The van der Waals surface area contributed by atoms with E-state index in [2.05, 4.69) is 4.98 Å². The first-order valence-corrected chi connectivity index (χ1v) is 5.36. The van der Waals surface area contributed by atoms with Crippen molar-refractivity contribution in [3.8, 4) is 0 Å². The number of carboxylic acids is 1. The average molecular weight is 255 g/mol. The minimum absolute atomic E-state index is 0.257. The molecule has 0 saturated heterocycles. The molecular weight excluding hydrogens is 244 g/mol. The van der Waals surface area contributed by atoms with E-state index in [-0.39, 0.29) is 11.1 Å². The molecule has 18 heavy (non-hydrogen) atoms. The largest absolute Gasteiger partial charge is 0.481 e. The van der Waals surface area contributed by atoms with Crippen LogP contribution < -0.4 is 0 Å². The van der Waals surface area contributed by atoms with Gasteiger partial charge in [-0.2, -0.15) is 0 Å². The highest BCUT2D eigenvalue weighted by atomic mass is 19.3. The number of carboxylic acid groups (broad SMARTS) is 1. The minimum Gasteiger partial charge on any atom is -0.481 e. The summed E-state index contributed by atoms with van der Waals surface area (Å²) < 4.78 is 32.6. The van der Waals surface area contributed by atoms with Crippen molar-refractivity contribution >= 4 is 17.1 Å². The number of alkyl halides is 2. The molecule has 96 valence electrons. The van der Waals surface area contributed by atoms with Crippen LogP contribution in [-0.2, 0) is 10.7 Å². The highest BCUT2D eigenvalue weighted by molar-refractivity contribution is 5.73. The number of halogens is 2. The zero-order valence-electron chi connectivity index (χ0n) is 9.61. The van der Waals surface area contributed by atoms with Crippen molar-refractivity contribution in [3.05, 3.63) is 29.7 Å². The normalized spacial score (nSPS) is 11.9. The number of aromatic nitrogens is 1. The van der Waals surface area contributed by atoms with Crippen LogP contribution in [0.15, 0.2) is 22.6 Å². The molecule has 0 spiro atoms. The molecule has 0 radical (unpaired) electrons. The van der Waals surface area contributed by atoms with Gasteiger partial charge in [-0.1, -0.05) is 6.07 Å². The van der Waals surface area contributed by atoms with E-state index in [4.69, 9.17) is 9.52 Å². The van der Waals surface area contributed by atoms with Crippen molar-refractivity contribution < 1.29 is 23.1 Å². The van der Waals surface area contributed by atoms with Crippen molar-refractivity contribution in [1.82, 2.24) is 4.98 Å². The maximum Gasteiger partial charge on any atom is 0.303 e. The number of hydrogen-bond donors (Lipinski definition) is 1. The molecule has 0 aliphatic carbocycles. The molecule has 0 aliphatic heterocycles. The Bertz CT molecular complexity index is 592. The predicted octanol–water partition coefficient (Wildman–Crippen LogP) is 3.09. The van der Waals surface area contributed by atoms with Crippen molar-refractivity contribution in [1.29, 1.82) is 0 Å². The van der Waals surface area contributed by atoms with Crippen molar-refractivity contribution in [2.24, 2.45) is 0 Å². The lowest BCUT2D eigenvalue weighted by Crippen LogP contribution is -2.15. The monoisotopic (exact) mass is 255 g/mol. The predicted molar refractivity (Wildman–Crippen MR) is 59.5 cm³/mol. The van der Waals surface area contributed by atoms with Gasteiger partial charge in [0.15, 0.2) is 11.5 Å². The summed E-state index contributed by atoms with van der Waals surface area (Å²) in [6, 6.07) is 3.89. The van der Waals surface area contributed by atoms with Crippen LogP contribution in [0.25, 0.3) is 11.1 Å². The number of benzene rings is 1. The van der Waals surface area contributed by atoms with Crippen molar-refractivity contribution in [2.75, 3.05) is 0 Å². The van der Waals surface area contributed by atoms with E-state index in [0.717, 1.165) is 0 Å². The van der Waals surface area contributed by atoms with Crippen LogP contribution in [0.4, 0.5) is 8.78 Å². The van der Waals surface area contributed by atoms with Gasteiger partial charge in [-0.25, -0.2) is 13.8 Å². The zero-order chi connectivity index (χ0) is 13.3. The molecule has 1 heterocycles. The molecule has 0 amide bonds. The number of aryl methyl sites for hydroxylation is 1. The molecular formula is C12H11F2NO3. The van der Waals surface area contributed by atoms with Gasteiger partial charge in [0.25, 0.3) is 5.92 Å². The number of hydrogen-bond acceptors (Lipinski definition) is 3. The summed E-state index contributed by atoms with van der Waals surface area (Å²) in [7, 11) is 0. The Morgan fingerprint density at radius 3 is 2.89 bits per heavy atom. The summed E-state index contributed by atoms with van der Waals surface area (Å²) in [6.45, 7) is 1.63. The Labute approximate surface area is 101 Å². The summed E-state index contributed by atoms with van der Waals surface area (Å²) in [4.78, 5) is 14.3. The van der Waals surface area contributed by atoms with Gasteiger partial charge in [0.1, 0.15) is 5.52 Å². The lowest BCUT2D eigenvalue weighted by Gasteiger charge is -2.15. The van der Waals surface area contributed by atoms with Gasteiger partial charge in [-0.3, -0.25) is 4.79 Å². The summed E-state index contributed by atoms with van der Waals surface area (Å²) in [5, 5.41) is 8.44. The zero-order valence-corrected chi connectivity index (χ0v) is 9.61. The molecule has 0 unspecified atom stereocenters. The van der Waals surface area contributed by atoms with Gasteiger partial charge < -0.3 is 9.52 Å². The first-order valence-electron chi connectivity index (χ1n) is 5.36. The SMILES string of the molecule is Cc1nc2ccc(C(F)(F)CCC(=O)O)cc2o1. The molecule has 2 aromatic rings. The van der Waals surface area contributed by atoms with E-state index in [1.165, 1.54) is 18.2 Å². The molecule has 0 bridgehead atoms. The molecule has 0 saturated carbocycles. The molecule has 1 aromatic carbocycles. The van der Waals surface area contributed by atoms with Crippen LogP contribution in [0.2, 0.25) is 0 Å². The van der Waals surface area contributed by atoms with Gasteiger partial charge >= 0.3 is 5.97 Å². The summed E-state index contributed by atoms with van der Waals surface area (Å²) in [6.07, 6.45) is -1.32. The molecule has 0 atom stereocenters. The average Bonchev–Trinajstić information content (AvgIpc) is 2.65. The fourth-order valence-electron chi connectivity index (χ4n) is 1.68. The maximum atomic E-state index is 13.7. The van der Waals surface area contributed by atoms with Gasteiger partial charge in [-0.05, 0) is 12.1 Å². The summed E-state index contributed by atoms with van der Waals surface area (Å²) >= 11 is 0. The highest BCUT2D eigenvalue weighted by Gasteiger charge is 2.32. The Kier molecular flexibility index (Phi) is 3.02. The first-order chi connectivity index (χ1) is 8.38. The van der Waals surface area contributed by atoms with Crippen LogP contribution in [-0.4, -0.2) is 16.1 Å². The fourth-order valence-corrected chi connectivity index (χ4v) is 1.68. The van der Waals surface area contributed by atoms with E-state index in [9.17, 15) is 13.6 Å². The lowest BCUT2D eigenvalue weighted by atomic mass is 10.0. The number of aliphatic carboxylic acids is 1. The van der Waals surface area contributed by atoms with Crippen LogP contribution in [0.3, 0.4) is 0 Å². The van der Waals surface area contributed by atoms with Gasteiger partial charge in [0, 0.05) is 18.9 Å². The standard InChI is InChI=1S/C12H11F2NO3/c1-7-15-9-3-2-8(6-10(9)18-7)12(13,14)5-4-11(16)17/h2-3,6H,4-5H2,1H3,(H,16,17). The van der Waals surface area contributed by atoms with E-state index in [1.807, 2.05) is 0 Å². The van der Waals surface area contributed by atoms with E-state index >= 15 is 0 Å². The van der Waals surface area contributed by atoms with E-state index in [0.29, 0.717) is 11.4 Å². The Balaban J connectivity index is 2.31. The van der Waals surface area contributed by atoms with Crippen LogP contribution in [0.5, 0.6) is 0 Å². The third-order valence-electron chi connectivity index (χ3n) is 2.57. The third kappa shape index (κ3) is 2.47. The van der Waals surface area contributed by atoms with Gasteiger partial charge in [-0.15, -0.1) is 0 Å². The van der Waals surface area contributed by atoms with E-state index < -0.39 is 24.7 Å². The molecule has 6 heteroatoms. The molecule has 1 N–H and O–H groups in total. The third-order valence-corrected chi connectivity index (χ3v) is 2.57. The maximum absolute atomic E-state index is 13.7. The fraction of sp³-hybridized carbons (Fsp3) is 0.333. The summed E-state index contributed by atoms with van der Waals surface area (Å²) in [5.41, 5.74) is 0.526.